The largest absolute Gasteiger partial charge is 0.383 e. The van der Waals surface area contributed by atoms with Crippen LogP contribution in [0.4, 0.5) is 4.39 Å². The van der Waals surface area contributed by atoms with Crippen molar-refractivity contribution in [2.24, 2.45) is 5.92 Å². The molecule has 3 aromatic rings. The number of nitrogens with one attached hydrogen (secondary N) is 1. The molecule has 3 rings (SSSR count). The van der Waals surface area contributed by atoms with Gasteiger partial charge in [-0.2, -0.15) is 0 Å². The molecule has 0 saturated carbocycles. The van der Waals surface area contributed by atoms with Crippen LogP contribution in [-0.4, -0.2) is 28.6 Å². The Morgan fingerprint density at radius 2 is 1.76 bits per heavy atom. The summed E-state index contributed by atoms with van der Waals surface area (Å²) in [5, 5.41) is 10.3. The maximum absolute atomic E-state index is 15.6. The van der Waals surface area contributed by atoms with Crippen molar-refractivity contribution in [3.05, 3.63) is 58.7 Å². The van der Waals surface area contributed by atoms with Gasteiger partial charge in [0.05, 0.1) is 0 Å². The number of benzene rings is 1. The van der Waals surface area contributed by atoms with E-state index in [1.807, 2.05) is 30.5 Å². The molecule has 186 valence electrons. The fourth-order valence-electron chi connectivity index (χ4n) is 3.76. The highest BCUT2D eigenvalue weighted by Gasteiger charge is 2.31. The maximum atomic E-state index is 15.6. The van der Waals surface area contributed by atoms with E-state index in [-0.39, 0.29) is 15.7 Å². The Morgan fingerprint density at radius 1 is 1.15 bits per heavy atom. The molecule has 9 heteroatoms. The Morgan fingerprint density at radius 3 is 2.29 bits per heavy atom. The summed E-state index contributed by atoms with van der Waals surface area (Å²) in [4.78, 5) is 4.69. The van der Waals surface area contributed by atoms with Gasteiger partial charge in [0.2, 0.25) is 0 Å². The summed E-state index contributed by atoms with van der Waals surface area (Å²) in [6, 6.07) is 7.18. The Balaban J connectivity index is 2.02. The first-order valence-electron chi connectivity index (χ1n) is 11.3. The van der Waals surface area contributed by atoms with Crippen LogP contribution in [0.1, 0.15) is 64.7 Å². The van der Waals surface area contributed by atoms with E-state index in [9.17, 15) is 13.5 Å². The second-order valence-electron chi connectivity index (χ2n) is 10.6. The van der Waals surface area contributed by atoms with Gasteiger partial charge in [-0.1, -0.05) is 38.1 Å². The molecule has 0 saturated heterocycles. The van der Waals surface area contributed by atoms with Gasteiger partial charge >= 0.3 is 0 Å². The standard InChI is InChI=1S/C25H34FN3O3S2/c1-16(2)14-19-21(26)20(22(33-19)34(31,32)28-24(3,4)5)18-10-8-17(9-11-18)15-29-13-12-27-23(29)25(6,7)30/h8-13,16,28,30H,14-15H2,1-7H3. The van der Waals surface area contributed by atoms with E-state index in [0.29, 0.717) is 29.2 Å². The molecule has 0 unspecified atom stereocenters. The highest BCUT2D eigenvalue weighted by molar-refractivity contribution is 7.91. The van der Waals surface area contributed by atoms with Crippen LogP contribution in [0.25, 0.3) is 11.1 Å². The minimum absolute atomic E-state index is 0.00208. The van der Waals surface area contributed by atoms with Gasteiger partial charge in [0.1, 0.15) is 21.5 Å². The molecule has 0 aliphatic carbocycles. The van der Waals surface area contributed by atoms with Gasteiger partial charge in [-0.25, -0.2) is 22.5 Å². The minimum atomic E-state index is -3.92. The summed E-state index contributed by atoms with van der Waals surface area (Å²) in [5.41, 5.74) is -0.234. The monoisotopic (exact) mass is 507 g/mol. The van der Waals surface area contributed by atoms with Crippen molar-refractivity contribution < 1.29 is 17.9 Å². The van der Waals surface area contributed by atoms with Crippen LogP contribution in [0.5, 0.6) is 0 Å². The molecule has 0 aliphatic heterocycles. The van der Waals surface area contributed by atoms with Crippen molar-refractivity contribution in [1.29, 1.82) is 0 Å². The lowest BCUT2D eigenvalue weighted by atomic mass is 10.0. The lowest BCUT2D eigenvalue weighted by Gasteiger charge is -2.20. The summed E-state index contributed by atoms with van der Waals surface area (Å²) in [7, 11) is -3.92. The van der Waals surface area contributed by atoms with Crippen LogP contribution in [0.2, 0.25) is 0 Å². The van der Waals surface area contributed by atoms with Gasteiger partial charge in [-0.15, -0.1) is 11.3 Å². The van der Waals surface area contributed by atoms with E-state index in [4.69, 9.17) is 0 Å². The van der Waals surface area contributed by atoms with Crippen molar-refractivity contribution >= 4 is 21.4 Å². The fourth-order valence-corrected chi connectivity index (χ4v) is 7.14. The topological polar surface area (TPSA) is 84.2 Å². The summed E-state index contributed by atoms with van der Waals surface area (Å²) in [6.45, 7) is 13.1. The highest BCUT2D eigenvalue weighted by atomic mass is 32.2. The van der Waals surface area contributed by atoms with Crippen LogP contribution in [0.3, 0.4) is 0 Å². The smallest absolute Gasteiger partial charge is 0.251 e. The second kappa shape index (κ2) is 9.53. The second-order valence-corrected chi connectivity index (χ2v) is 13.6. The van der Waals surface area contributed by atoms with E-state index in [1.165, 1.54) is 0 Å². The van der Waals surface area contributed by atoms with Gasteiger partial charge in [0.15, 0.2) is 0 Å². The predicted octanol–water partition coefficient (Wildman–Crippen LogP) is 5.30. The predicted molar refractivity (Wildman–Crippen MR) is 135 cm³/mol. The number of hydrogen-bond donors (Lipinski definition) is 2. The van der Waals surface area contributed by atoms with Crippen molar-refractivity contribution in [1.82, 2.24) is 14.3 Å². The first kappa shape index (κ1) is 26.5. The van der Waals surface area contributed by atoms with Crippen molar-refractivity contribution in [2.75, 3.05) is 0 Å². The number of rotatable bonds is 8. The normalized spacial score (nSPS) is 13.1. The molecule has 0 bridgehead atoms. The maximum Gasteiger partial charge on any atom is 0.251 e. The van der Waals surface area contributed by atoms with Gasteiger partial charge in [-0.05, 0) is 58.1 Å². The molecule has 2 heterocycles. The van der Waals surface area contributed by atoms with Crippen LogP contribution in [-0.2, 0) is 28.6 Å². The van der Waals surface area contributed by atoms with Gasteiger partial charge in [0.25, 0.3) is 10.0 Å². The number of sulfonamides is 1. The van der Waals surface area contributed by atoms with E-state index in [1.54, 1.807) is 59.1 Å². The number of nitrogens with zero attached hydrogens (tertiary/aromatic N) is 2. The lowest BCUT2D eigenvalue weighted by molar-refractivity contribution is 0.0652. The average molecular weight is 508 g/mol. The molecule has 0 atom stereocenters. The number of imidazole rings is 1. The molecular formula is C25H34FN3O3S2. The number of hydrogen-bond acceptors (Lipinski definition) is 5. The minimum Gasteiger partial charge on any atom is -0.383 e. The van der Waals surface area contributed by atoms with Gasteiger partial charge in [-0.3, -0.25) is 0 Å². The van der Waals surface area contributed by atoms with Crippen LogP contribution in [0, 0.1) is 11.7 Å². The molecular weight excluding hydrogens is 473 g/mol. The first-order valence-corrected chi connectivity index (χ1v) is 13.6. The number of halogens is 1. The summed E-state index contributed by atoms with van der Waals surface area (Å²) < 4.78 is 46.5. The quantitative estimate of drug-likeness (QED) is 0.433. The number of aromatic nitrogens is 2. The molecule has 0 radical (unpaired) electrons. The van der Waals surface area contributed by atoms with E-state index in [0.717, 1.165) is 16.9 Å². The Bertz CT molecular complexity index is 1250. The number of thiophene rings is 1. The third kappa shape index (κ3) is 6.13. The van der Waals surface area contributed by atoms with E-state index < -0.39 is 27.0 Å². The van der Waals surface area contributed by atoms with Crippen LogP contribution < -0.4 is 4.72 Å². The third-order valence-electron chi connectivity index (χ3n) is 5.02. The zero-order chi connectivity index (χ0) is 25.5. The van der Waals surface area contributed by atoms with Gasteiger partial charge in [0, 0.05) is 34.9 Å². The Labute approximate surface area is 205 Å². The molecule has 0 aliphatic rings. The van der Waals surface area contributed by atoms with Gasteiger partial charge < -0.3 is 9.67 Å². The lowest BCUT2D eigenvalue weighted by Crippen LogP contribution is -2.40. The summed E-state index contributed by atoms with van der Waals surface area (Å²) >= 11 is 1.00. The van der Waals surface area contributed by atoms with E-state index in [2.05, 4.69) is 9.71 Å². The van der Waals surface area contributed by atoms with Crippen molar-refractivity contribution in [2.45, 2.75) is 76.8 Å². The summed E-state index contributed by atoms with van der Waals surface area (Å²) in [5.74, 6) is 0.259. The fraction of sp³-hybridized carbons (Fsp3) is 0.480. The molecule has 0 spiro atoms. The zero-order valence-electron chi connectivity index (χ0n) is 20.8. The van der Waals surface area contributed by atoms with Crippen molar-refractivity contribution in [3.8, 4) is 11.1 Å². The number of aliphatic hydroxyl groups is 1. The van der Waals surface area contributed by atoms with Crippen molar-refractivity contribution in [3.63, 3.8) is 0 Å². The van der Waals surface area contributed by atoms with E-state index >= 15 is 4.39 Å². The van der Waals surface area contributed by atoms with Crippen LogP contribution >= 0.6 is 11.3 Å². The molecule has 0 fully saturated rings. The molecule has 1 aromatic carbocycles. The molecule has 2 N–H and O–H groups in total. The Hall–Kier alpha value is -2.07. The van der Waals surface area contributed by atoms with Crippen LogP contribution in [0.15, 0.2) is 40.9 Å². The summed E-state index contributed by atoms with van der Waals surface area (Å²) in [6.07, 6.45) is 3.89. The average Bonchev–Trinajstić information content (AvgIpc) is 3.26. The third-order valence-corrected chi connectivity index (χ3v) is 8.48. The Kier molecular flexibility index (Phi) is 7.43. The SMILES string of the molecule is CC(C)Cc1sc(S(=O)(=O)NC(C)(C)C)c(-c2ccc(Cn3ccnc3C(C)(C)O)cc2)c1F. The zero-order valence-corrected chi connectivity index (χ0v) is 22.4. The molecule has 6 nitrogen and oxygen atoms in total. The first-order chi connectivity index (χ1) is 15.6. The molecule has 2 aromatic heterocycles. The highest BCUT2D eigenvalue weighted by Crippen LogP contribution is 2.40. The molecule has 0 amide bonds. The molecule has 34 heavy (non-hydrogen) atoms.